The lowest BCUT2D eigenvalue weighted by molar-refractivity contribution is -0.133. The summed E-state index contributed by atoms with van der Waals surface area (Å²) < 4.78 is 0. The van der Waals surface area contributed by atoms with E-state index in [-0.39, 0.29) is 36.5 Å². The molecular weight excluding hydrogens is 328 g/mol. The molecule has 1 aliphatic heterocycles. The number of benzene rings is 1. The van der Waals surface area contributed by atoms with Gasteiger partial charge in [0.25, 0.3) is 0 Å². The highest BCUT2D eigenvalue weighted by molar-refractivity contribution is 5.98. The summed E-state index contributed by atoms with van der Waals surface area (Å²) in [5.41, 5.74) is 1.76. The van der Waals surface area contributed by atoms with Crippen LogP contribution in [0.4, 0.5) is 0 Å². The predicted octanol–water partition coefficient (Wildman–Crippen LogP) is 3.11. The zero-order valence-electron chi connectivity index (χ0n) is 16.1. The summed E-state index contributed by atoms with van der Waals surface area (Å²) in [6, 6.07) is 7.52. The van der Waals surface area contributed by atoms with Crippen molar-refractivity contribution in [2.45, 2.75) is 58.9 Å². The van der Waals surface area contributed by atoms with Crippen molar-refractivity contribution in [2.75, 3.05) is 13.1 Å². The van der Waals surface area contributed by atoms with Gasteiger partial charge in [-0.05, 0) is 25.7 Å². The molecule has 0 unspecified atom stereocenters. The van der Waals surface area contributed by atoms with Crippen LogP contribution in [0.1, 0.15) is 61.9 Å². The average Bonchev–Trinajstić information content (AvgIpc) is 2.60. The standard InChI is InChI=1S/C21H30N2O3/c1-15(2)14-21(26)23-12-10-18(11-13-23)22-20(25)9-8-19(24)17-6-4-16(3)5-7-17/h4-7,15,18H,8-14H2,1-3H3,(H,22,25). The van der Waals surface area contributed by atoms with Gasteiger partial charge in [0, 0.05) is 44.0 Å². The van der Waals surface area contributed by atoms with Crippen molar-refractivity contribution in [2.24, 2.45) is 5.92 Å². The zero-order valence-corrected chi connectivity index (χ0v) is 16.1. The van der Waals surface area contributed by atoms with Crippen molar-refractivity contribution in [3.8, 4) is 0 Å². The van der Waals surface area contributed by atoms with Gasteiger partial charge in [0.15, 0.2) is 5.78 Å². The van der Waals surface area contributed by atoms with Crippen LogP contribution in [0.15, 0.2) is 24.3 Å². The van der Waals surface area contributed by atoms with Crippen molar-refractivity contribution in [1.29, 1.82) is 0 Å². The second kappa shape index (κ2) is 9.51. The van der Waals surface area contributed by atoms with Gasteiger partial charge < -0.3 is 10.2 Å². The topological polar surface area (TPSA) is 66.5 Å². The van der Waals surface area contributed by atoms with Gasteiger partial charge in [0.05, 0.1) is 0 Å². The molecule has 0 saturated carbocycles. The Kier molecular flexibility index (Phi) is 7.37. The number of likely N-dealkylation sites (tertiary alicyclic amines) is 1. The Morgan fingerprint density at radius 1 is 1.08 bits per heavy atom. The first-order chi connectivity index (χ1) is 12.3. The number of carbonyl (C=O) groups excluding carboxylic acids is 3. The Bertz CT molecular complexity index is 629. The summed E-state index contributed by atoms with van der Waals surface area (Å²) >= 11 is 0. The van der Waals surface area contributed by atoms with Crippen LogP contribution in [0.5, 0.6) is 0 Å². The van der Waals surface area contributed by atoms with E-state index < -0.39 is 0 Å². The first-order valence-electron chi connectivity index (χ1n) is 9.52. The van der Waals surface area contributed by atoms with Crippen LogP contribution in [0.25, 0.3) is 0 Å². The molecule has 0 aliphatic carbocycles. The molecule has 5 nitrogen and oxygen atoms in total. The maximum atomic E-state index is 12.1. The molecule has 1 saturated heterocycles. The van der Waals surface area contributed by atoms with Crippen molar-refractivity contribution in [3.05, 3.63) is 35.4 Å². The molecule has 1 aromatic carbocycles. The van der Waals surface area contributed by atoms with E-state index in [2.05, 4.69) is 5.32 Å². The number of hydrogen-bond donors (Lipinski definition) is 1. The molecule has 0 aromatic heterocycles. The maximum Gasteiger partial charge on any atom is 0.222 e. The fourth-order valence-corrected chi connectivity index (χ4v) is 3.16. The molecule has 0 bridgehead atoms. The molecule has 1 N–H and O–H groups in total. The van der Waals surface area contributed by atoms with E-state index in [1.165, 1.54) is 0 Å². The number of piperidine rings is 1. The van der Waals surface area contributed by atoms with E-state index in [4.69, 9.17) is 0 Å². The van der Waals surface area contributed by atoms with Gasteiger partial charge >= 0.3 is 0 Å². The number of aryl methyl sites for hydroxylation is 1. The van der Waals surface area contributed by atoms with Gasteiger partial charge in [0.1, 0.15) is 0 Å². The number of rotatable bonds is 7. The molecule has 1 aliphatic rings. The van der Waals surface area contributed by atoms with Gasteiger partial charge in [-0.15, -0.1) is 0 Å². The fraction of sp³-hybridized carbons (Fsp3) is 0.571. The van der Waals surface area contributed by atoms with Gasteiger partial charge in [-0.25, -0.2) is 0 Å². The minimum absolute atomic E-state index is 0.00532. The zero-order chi connectivity index (χ0) is 19.1. The normalized spacial score (nSPS) is 15.2. The van der Waals surface area contributed by atoms with Crippen LogP contribution >= 0.6 is 0 Å². The van der Waals surface area contributed by atoms with Crippen molar-refractivity contribution in [1.82, 2.24) is 10.2 Å². The van der Waals surface area contributed by atoms with Crippen molar-refractivity contribution in [3.63, 3.8) is 0 Å². The maximum absolute atomic E-state index is 12.1. The summed E-state index contributed by atoms with van der Waals surface area (Å²) in [6.45, 7) is 7.45. The summed E-state index contributed by atoms with van der Waals surface area (Å²) in [5.74, 6) is 0.478. The monoisotopic (exact) mass is 358 g/mol. The number of nitrogens with zero attached hydrogens (tertiary/aromatic N) is 1. The molecule has 0 atom stereocenters. The molecule has 1 heterocycles. The van der Waals surface area contributed by atoms with Crippen LogP contribution in [0, 0.1) is 12.8 Å². The summed E-state index contributed by atoms with van der Waals surface area (Å²) in [5, 5.41) is 3.01. The van der Waals surface area contributed by atoms with E-state index >= 15 is 0 Å². The van der Waals surface area contributed by atoms with E-state index in [0.29, 0.717) is 31.0 Å². The second-order valence-electron chi connectivity index (χ2n) is 7.61. The third kappa shape index (κ3) is 6.28. The predicted molar refractivity (Wildman–Crippen MR) is 102 cm³/mol. The summed E-state index contributed by atoms with van der Waals surface area (Å²) in [7, 11) is 0. The number of amides is 2. The number of hydrogen-bond acceptors (Lipinski definition) is 3. The third-order valence-electron chi connectivity index (χ3n) is 4.75. The molecule has 0 spiro atoms. The number of ketones is 1. The van der Waals surface area contributed by atoms with Crippen LogP contribution in [0.3, 0.4) is 0 Å². The summed E-state index contributed by atoms with van der Waals surface area (Å²) in [4.78, 5) is 38.2. The number of Topliss-reactive ketones (excluding diaryl/α,β-unsaturated/α-hetero) is 1. The van der Waals surface area contributed by atoms with Crippen LogP contribution in [0.2, 0.25) is 0 Å². The lowest BCUT2D eigenvalue weighted by Crippen LogP contribution is -2.46. The SMILES string of the molecule is Cc1ccc(C(=O)CCC(=O)NC2CCN(C(=O)CC(C)C)CC2)cc1. The molecule has 2 rings (SSSR count). The fourth-order valence-electron chi connectivity index (χ4n) is 3.16. The minimum Gasteiger partial charge on any atom is -0.353 e. The summed E-state index contributed by atoms with van der Waals surface area (Å²) in [6.07, 6.45) is 2.57. The molecule has 26 heavy (non-hydrogen) atoms. The first kappa shape index (κ1) is 20.1. The number of nitrogens with one attached hydrogen (secondary N) is 1. The smallest absolute Gasteiger partial charge is 0.222 e. The van der Waals surface area contributed by atoms with Gasteiger partial charge in [-0.2, -0.15) is 0 Å². The lowest BCUT2D eigenvalue weighted by Gasteiger charge is -2.32. The molecule has 5 heteroatoms. The van der Waals surface area contributed by atoms with Crippen LogP contribution in [-0.4, -0.2) is 41.6 Å². The van der Waals surface area contributed by atoms with Gasteiger partial charge in [-0.1, -0.05) is 43.7 Å². The first-order valence-corrected chi connectivity index (χ1v) is 9.52. The van der Waals surface area contributed by atoms with E-state index in [9.17, 15) is 14.4 Å². The Morgan fingerprint density at radius 2 is 1.69 bits per heavy atom. The molecule has 2 amide bonds. The van der Waals surface area contributed by atoms with E-state index in [0.717, 1.165) is 18.4 Å². The Balaban J connectivity index is 1.69. The van der Waals surface area contributed by atoms with Crippen LogP contribution in [-0.2, 0) is 9.59 Å². The Labute approximate surface area is 156 Å². The van der Waals surface area contributed by atoms with Crippen molar-refractivity contribution >= 4 is 17.6 Å². The minimum atomic E-state index is -0.0857. The highest BCUT2D eigenvalue weighted by Crippen LogP contribution is 2.14. The molecule has 1 fully saturated rings. The van der Waals surface area contributed by atoms with E-state index in [1.54, 1.807) is 12.1 Å². The second-order valence-corrected chi connectivity index (χ2v) is 7.61. The van der Waals surface area contributed by atoms with Crippen molar-refractivity contribution < 1.29 is 14.4 Å². The highest BCUT2D eigenvalue weighted by Gasteiger charge is 2.24. The third-order valence-corrected chi connectivity index (χ3v) is 4.75. The Morgan fingerprint density at radius 3 is 2.27 bits per heavy atom. The average molecular weight is 358 g/mol. The van der Waals surface area contributed by atoms with Gasteiger partial charge in [0.2, 0.25) is 11.8 Å². The van der Waals surface area contributed by atoms with Gasteiger partial charge in [-0.3, -0.25) is 14.4 Å². The quantitative estimate of drug-likeness (QED) is 0.762. The molecular formula is C21H30N2O3. The molecule has 0 radical (unpaired) electrons. The molecule has 142 valence electrons. The lowest BCUT2D eigenvalue weighted by atomic mass is 10.0. The highest BCUT2D eigenvalue weighted by atomic mass is 16.2. The van der Waals surface area contributed by atoms with E-state index in [1.807, 2.05) is 37.8 Å². The number of carbonyl (C=O) groups is 3. The van der Waals surface area contributed by atoms with Crippen LogP contribution < -0.4 is 5.32 Å². The largest absolute Gasteiger partial charge is 0.353 e. The Hall–Kier alpha value is -2.17. The molecule has 1 aromatic rings.